The first kappa shape index (κ1) is 43.5. The van der Waals surface area contributed by atoms with Gasteiger partial charge in [0.1, 0.15) is 37.4 Å². The predicted octanol–water partition coefficient (Wildman–Crippen LogP) is 0.755. The van der Waals surface area contributed by atoms with Gasteiger partial charge in [0.2, 0.25) is 11.8 Å². The van der Waals surface area contributed by atoms with Crippen molar-refractivity contribution in [3.63, 3.8) is 0 Å². The first-order valence-corrected chi connectivity index (χ1v) is 14.3. The molecule has 18 heteroatoms. The molecule has 0 aromatic rings. The average molecular weight is 665 g/mol. The number of carboxylic acid groups (broad SMARTS) is 2. The minimum Gasteiger partial charge on any atom is -0.480 e. The number of esters is 2. The lowest BCUT2D eigenvalue weighted by Crippen LogP contribution is -2.42. The van der Waals surface area contributed by atoms with E-state index < -0.39 is 72.2 Å². The van der Waals surface area contributed by atoms with Crippen LogP contribution in [0.2, 0.25) is 0 Å². The van der Waals surface area contributed by atoms with E-state index in [9.17, 15) is 38.4 Å². The largest absolute Gasteiger partial charge is 0.480 e. The summed E-state index contributed by atoms with van der Waals surface area (Å²) < 4.78 is 19.6. The molecule has 46 heavy (non-hydrogen) atoms. The number of carbonyl (C=O) groups excluding carboxylic acids is 6. The van der Waals surface area contributed by atoms with E-state index in [2.05, 4.69) is 10.6 Å². The van der Waals surface area contributed by atoms with Gasteiger partial charge in [0.15, 0.2) is 0 Å². The van der Waals surface area contributed by atoms with Crippen molar-refractivity contribution in [2.45, 2.75) is 79.4 Å². The van der Waals surface area contributed by atoms with E-state index in [1.165, 1.54) is 0 Å². The maximum Gasteiger partial charge on any atom is 0.407 e. The molecule has 4 amide bonds. The molecule has 0 spiro atoms. The number of nitrogens with zero attached hydrogens (tertiary/aromatic N) is 2. The number of carbonyl (C=O) groups is 8. The number of hydrogen-bond donors (Lipinski definition) is 4. The van der Waals surface area contributed by atoms with Gasteiger partial charge in [-0.1, -0.05) is 0 Å². The van der Waals surface area contributed by atoms with Crippen LogP contribution < -0.4 is 10.6 Å². The van der Waals surface area contributed by atoms with Crippen LogP contribution in [0.1, 0.15) is 68.2 Å². The number of hydrogen-bond acceptors (Lipinski definition) is 12. The lowest BCUT2D eigenvalue weighted by Gasteiger charge is -2.22. The molecule has 0 heterocycles. The van der Waals surface area contributed by atoms with E-state index in [0.717, 1.165) is 4.90 Å². The summed E-state index contributed by atoms with van der Waals surface area (Å²) in [5.41, 5.74) is -1.32. The minimum absolute atomic E-state index is 0.00982. The second-order valence-electron chi connectivity index (χ2n) is 11.3. The van der Waals surface area contributed by atoms with Gasteiger partial charge in [-0.2, -0.15) is 0 Å². The van der Waals surface area contributed by atoms with Crippen LogP contribution in [0.5, 0.6) is 0 Å². The van der Waals surface area contributed by atoms with Gasteiger partial charge in [-0.3, -0.25) is 28.8 Å². The van der Waals surface area contributed by atoms with E-state index >= 15 is 0 Å². The molecular weight excluding hydrogens is 616 g/mol. The number of aliphatic carboxylic acids is 2. The van der Waals surface area contributed by atoms with Gasteiger partial charge in [-0.05, 0) is 55.4 Å². The Morgan fingerprint density at radius 2 is 0.870 bits per heavy atom. The number of rotatable bonds is 16. The SMILES string of the molecule is CC(C)(C)OC(=O)NCCC(=O)N(CC(=O)O)CC(=O)O.CCOC(=O)CN(CC(=O)OCC)C(=O)CCNC(=O)OC(C)(C)C. The van der Waals surface area contributed by atoms with Gasteiger partial charge < -0.3 is 49.6 Å². The molecule has 18 nitrogen and oxygen atoms in total. The Morgan fingerprint density at radius 1 is 0.565 bits per heavy atom. The Labute approximate surface area is 268 Å². The monoisotopic (exact) mass is 664 g/mol. The van der Waals surface area contributed by atoms with Crippen LogP contribution in [-0.4, -0.2) is 132 Å². The van der Waals surface area contributed by atoms with Gasteiger partial charge in [0.25, 0.3) is 0 Å². The molecule has 0 aliphatic heterocycles. The van der Waals surface area contributed by atoms with E-state index in [4.69, 9.17) is 29.2 Å². The Bertz CT molecular complexity index is 1010. The quantitative estimate of drug-likeness (QED) is 0.131. The van der Waals surface area contributed by atoms with Crippen molar-refractivity contribution in [1.82, 2.24) is 20.4 Å². The molecule has 0 aromatic carbocycles. The highest BCUT2D eigenvalue weighted by atomic mass is 16.6. The summed E-state index contributed by atoms with van der Waals surface area (Å²) in [6, 6.07) is 0. The highest BCUT2D eigenvalue weighted by molar-refractivity contribution is 5.87. The van der Waals surface area contributed by atoms with Gasteiger partial charge in [0.05, 0.1) is 13.2 Å². The lowest BCUT2D eigenvalue weighted by molar-refractivity contribution is -0.154. The molecule has 0 atom stereocenters. The number of amides is 4. The summed E-state index contributed by atoms with van der Waals surface area (Å²) in [6.45, 7) is 11.6. The second-order valence-corrected chi connectivity index (χ2v) is 11.3. The van der Waals surface area contributed by atoms with Gasteiger partial charge in [-0.25, -0.2) is 9.59 Å². The lowest BCUT2D eigenvalue weighted by atomic mass is 10.2. The van der Waals surface area contributed by atoms with Crippen molar-refractivity contribution in [1.29, 1.82) is 0 Å². The van der Waals surface area contributed by atoms with Crippen LogP contribution in [-0.2, 0) is 47.7 Å². The van der Waals surface area contributed by atoms with Gasteiger partial charge in [0, 0.05) is 25.9 Å². The molecule has 0 bridgehead atoms. The molecule has 0 saturated carbocycles. The van der Waals surface area contributed by atoms with Crippen LogP contribution in [0.15, 0.2) is 0 Å². The third kappa shape index (κ3) is 25.8. The van der Waals surface area contributed by atoms with Crippen molar-refractivity contribution in [3.8, 4) is 0 Å². The highest BCUT2D eigenvalue weighted by Crippen LogP contribution is 2.07. The number of ether oxygens (including phenoxy) is 4. The zero-order chi connectivity index (χ0) is 36.1. The summed E-state index contributed by atoms with van der Waals surface area (Å²) in [6.07, 6.45) is -1.68. The molecule has 0 rings (SSSR count). The Kier molecular flexibility index (Phi) is 20.8. The van der Waals surface area contributed by atoms with Crippen LogP contribution in [0, 0.1) is 0 Å². The molecule has 0 aliphatic carbocycles. The van der Waals surface area contributed by atoms with Crippen LogP contribution >= 0.6 is 0 Å². The number of alkyl carbamates (subject to hydrolysis) is 2. The zero-order valence-electron chi connectivity index (χ0n) is 27.8. The Balaban J connectivity index is 0. The molecule has 0 radical (unpaired) electrons. The first-order chi connectivity index (χ1) is 21.1. The topological polar surface area (TPSA) is 244 Å². The van der Waals surface area contributed by atoms with Crippen molar-refractivity contribution in [2.24, 2.45) is 0 Å². The molecule has 0 saturated heterocycles. The summed E-state index contributed by atoms with van der Waals surface area (Å²) in [5.74, 6) is -5.05. The Hall–Kier alpha value is -4.64. The molecule has 0 aliphatic rings. The summed E-state index contributed by atoms with van der Waals surface area (Å²) in [4.78, 5) is 92.7. The fourth-order valence-corrected chi connectivity index (χ4v) is 3.00. The van der Waals surface area contributed by atoms with E-state index in [-0.39, 0.29) is 52.2 Å². The molecule has 0 fully saturated rings. The Morgan fingerprint density at radius 3 is 1.13 bits per heavy atom. The van der Waals surface area contributed by atoms with Gasteiger partial charge in [-0.15, -0.1) is 0 Å². The first-order valence-electron chi connectivity index (χ1n) is 14.3. The number of carboxylic acids is 2. The van der Waals surface area contributed by atoms with Crippen molar-refractivity contribution in [2.75, 3.05) is 52.5 Å². The fraction of sp³-hybridized carbons (Fsp3) is 0.714. The molecule has 0 aromatic heterocycles. The summed E-state index contributed by atoms with van der Waals surface area (Å²) in [7, 11) is 0. The normalized spacial score (nSPS) is 10.6. The minimum atomic E-state index is -1.32. The van der Waals surface area contributed by atoms with E-state index in [1.54, 1.807) is 55.4 Å². The maximum absolute atomic E-state index is 12.2. The fourth-order valence-electron chi connectivity index (χ4n) is 3.00. The van der Waals surface area contributed by atoms with Crippen LogP contribution in [0.25, 0.3) is 0 Å². The molecule has 0 unspecified atom stereocenters. The van der Waals surface area contributed by atoms with E-state index in [1.807, 2.05) is 0 Å². The van der Waals surface area contributed by atoms with Gasteiger partial charge >= 0.3 is 36.1 Å². The maximum atomic E-state index is 12.2. The summed E-state index contributed by atoms with van der Waals surface area (Å²) >= 11 is 0. The average Bonchev–Trinajstić information content (AvgIpc) is 2.85. The molecule has 264 valence electrons. The number of nitrogens with one attached hydrogen (secondary N) is 2. The zero-order valence-corrected chi connectivity index (χ0v) is 27.8. The predicted molar refractivity (Wildman–Crippen MR) is 159 cm³/mol. The third-order valence-electron chi connectivity index (χ3n) is 4.62. The van der Waals surface area contributed by atoms with Crippen molar-refractivity contribution >= 4 is 47.9 Å². The summed E-state index contributed by atoms with van der Waals surface area (Å²) in [5, 5.41) is 22.0. The third-order valence-corrected chi connectivity index (χ3v) is 4.62. The van der Waals surface area contributed by atoms with Crippen LogP contribution in [0.4, 0.5) is 9.59 Å². The second kappa shape index (κ2) is 22.0. The van der Waals surface area contributed by atoms with Crippen molar-refractivity contribution < 1.29 is 67.5 Å². The standard InChI is InChI=1S/C16H28N2O7.C12H20N2O7/c1-6-23-13(20)10-18(11-14(21)24-7-2)12(19)8-9-17-15(22)25-16(3,4)5;1-12(2,3)21-11(20)13-5-4-8(15)14(6-9(16)17)7-10(18)19/h6-11H2,1-5H3,(H,17,22);4-7H2,1-3H3,(H,13,20)(H,16,17)(H,18,19). The van der Waals surface area contributed by atoms with Crippen LogP contribution in [0.3, 0.4) is 0 Å². The van der Waals surface area contributed by atoms with E-state index in [0.29, 0.717) is 4.90 Å². The highest BCUT2D eigenvalue weighted by Gasteiger charge is 2.23. The molecule has 4 N–H and O–H groups in total. The molecular formula is C28H48N4O14. The van der Waals surface area contributed by atoms with Crippen molar-refractivity contribution in [3.05, 3.63) is 0 Å². The smallest absolute Gasteiger partial charge is 0.407 e.